The molecular weight excluding hydrogens is 220 g/mol. The SMILES string of the molecule is CC(C)n1cc2c(n1)CCC(c1ccccc1)C2. The maximum Gasteiger partial charge on any atom is 0.0657 e. The van der Waals surface area contributed by atoms with Crippen molar-refractivity contribution in [3.8, 4) is 0 Å². The Balaban J connectivity index is 1.85. The van der Waals surface area contributed by atoms with E-state index >= 15 is 0 Å². The van der Waals surface area contributed by atoms with E-state index < -0.39 is 0 Å². The van der Waals surface area contributed by atoms with Crippen molar-refractivity contribution in [1.82, 2.24) is 9.78 Å². The molecule has 0 amide bonds. The zero-order valence-corrected chi connectivity index (χ0v) is 11.1. The summed E-state index contributed by atoms with van der Waals surface area (Å²) in [6, 6.07) is 11.3. The maximum absolute atomic E-state index is 4.70. The molecule has 18 heavy (non-hydrogen) atoms. The van der Waals surface area contributed by atoms with Crippen molar-refractivity contribution in [2.75, 3.05) is 0 Å². The molecule has 1 aliphatic carbocycles. The molecule has 1 aliphatic rings. The fourth-order valence-electron chi connectivity index (χ4n) is 2.80. The van der Waals surface area contributed by atoms with Gasteiger partial charge in [-0.15, -0.1) is 0 Å². The third-order valence-corrected chi connectivity index (χ3v) is 3.89. The van der Waals surface area contributed by atoms with Crippen LogP contribution in [-0.2, 0) is 12.8 Å². The van der Waals surface area contributed by atoms with Crippen LogP contribution >= 0.6 is 0 Å². The lowest BCUT2D eigenvalue weighted by molar-refractivity contribution is 0.522. The number of fused-ring (bicyclic) bond motifs is 1. The van der Waals surface area contributed by atoms with Gasteiger partial charge in [0.05, 0.1) is 5.69 Å². The van der Waals surface area contributed by atoms with E-state index in [1.54, 1.807) is 0 Å². The molecule has 94 valence electrons. The molecule has 1 aromatic heterocycles. The second kappa shape index (κ2) is 4.60. The average molecular weight is 240 g/mol. The number of hydrogen-bond acceptors (Lipinski definition) is 1. The van der Waals surface area contributed by atoms with E-state index in [1.807, 2.05) is 0 Å². The molecule has 2 aromatic rings. The summed E-state index contributed by atoms with van der Waals surface area (Å²) in [5, 5.41) is 4.70. The molecule has 0 bridgehead atoms. The van der Waals surface area contributed by atoms with Crippen molar-refractivity contribution in [2.24, 2.45) is 0 Å². The van der Waals surface area contributed by atoms with Gasteiger partial charge in [-0.1, -0.05) is 30.3 Å². The van der Waals surface area contributed by atoms with Crippen LogP contribution in [0.4, 0.5) is 0 Å². The van der Waals surface area contributed by atoms with Crippen molar-refractivity contribution in [2.45, 2.75) is 45.1 Å². The zero-order chi connectivity index (χ0) is 12.5. The molecular formula is C16H20N2. The lowest BCUT2D eigenvalue weighted by Crippen LogP contribution is -2.11. The Bertz CT molecular complexity index is 525. The first-order valence-electron chi connectivity index (χ1n) is 6.86. The Labute approximate surface area is 109 Å². The third kappa shape index (κ3) is 2.07. The van der Waals surface area contributed by atoms with E-state index in [2.05, 4.69) is 55.1 Å². The van der Waals surface area contributed by atoms with E-state index in [0.717, 1.165) is 12.8 Å². The molecule has 0 fully saturated rings. The van der Waals surface area contributed by atoms with E-state index in [4.69, 9.17) is 5.10 Å². The summed E-state index contributed by atoms with van der Waals surface area (Å²) in [7, 11) is 0. The van der Waals surface area contributed by atoms with E-state index in [0.29, 0.717) is 12.0 Å². The minimum atomic E-state index is 0.464. The second-order valence-electron chi connectivity index (χ2n) is 5.53. The molecule has 2 heteroatoms. The lowest BCUT2D eigenvalue weighted by atomic mass is 9.83. The molecule has 1 heterocycles. The molecule has 0 saturated carbocycles. The number of nitrogens with zero attached hydrogens (tertiary/aromatic N) is 2. The highest BCUT2D eigenvalue weighted by Gasteiger charge is 2.22. The van der Waals surface area contributed by atoms with Gasteiger partial charge in [0.2, 0.25) is 0 Å². The predicted molar refractivity (Wildman–Crippen MR) is 73.8 cm³/mol. The smallest absolute Gasteiger partial charge is 0.0657 e. The van der Waals surface area contributed by atoms with Gasteiger partial charge in [0.15, 0.2) is 0 Å². The fourth-order valence-corrected chi connectivity index (χ4v) is 2.80. The molecule has 0 saturated heterocycles. The molecule has 0 radical (unpaired) electrons. The predicted octanol–water partition coefficient (Wildman–Crippen LogP) is 3.74. The minimum absolute atomic E-state index is 0.464. The fraction of sp³-hybridized carbons (Fsp3) is 0.438. The summed E-state index contributed by atoms with van der Waals surface area (Å²) in [5.41, 5.74) is 4.24. The molecule has 0 N–H and O–H groups in total. The van der Waals surface area contributed by atoms with Gasteiger partial charge in [0.1, 0.15) is 0 Å². The zero-order valence-electron chi connectivity index (χ0n) is 11.1. The summed E-state index contributed by atoms with van der Waals surface area (Å²) in [6.45, 7) is 4.38. The largest absolute Gasteiger partial charge is 0.270 e. The Hall–Kier alpha value is -1.57. The molecule has 1 aromatic carbocycles. The summed E-state index contributed by atoms with van der Waals surface area (Å²) < 4.78 is 2.11. The highest BCUT2D eigenvalue weighted by molar-refractivity contribution is 5.28. The third-order valence-electron chi connectivity index (χ3n) is 3.89. The van der Waals surface area contributed by atoms with Crippen LogP contribution in [0.5, 0.6) is 0 Å². The molecule has 1 unspecified atom stereocenters. The first-order valence-corrected chi connectivity index (χ1v) is 6.86. The van der Waals surface area contributed by atoms with Crippen LogP contribution in [0.1, 0.15) is 49.0 Å². The van der Waals surface area contributed by atoms with Crippen molar-refractivity contribution in [3.63, 3.8) is 0 Å². The summed E-state index contributed by atoms with van der Waals surface area (Å²) >= 11 is 0. The number of hydrogen-bond donors (Lipinski definition) is 0. The van der Waals surface area contributed by atoms with Crippen LogP contribution in [0.25, 0.3) is 0 Å². The normalized spacial score (nSPS) is 18.9. The molecule has 1 atom stereocenters. The molecule has 2 nitrogen and oxygen atoms in total. The van der Waals surface area contributed by atoms with Crippen molar-refractivity contribution in [3.05, 3.63) is 53.3 Å². The van der Waals surface area contributed by atoms with Crippen LogP contribution in [0.2, 0.25) is 0 Å². The Morgan fingerprint density at radius 1 is 1.22 bits per heavy atom. The van der Waals surface area contributed by atoms with Crippen LogP contribution in [-0.4, -0.2) is 9.78 Å². The summed E-state index contributed by atoms with van der Waals surface area (Å²) in [4.78, 5) is 0. The van der Waals surface area contributed by atoms with Gasteiger partial charge in [-0.05, 0) is 50.2 Å². The molecule has 0 spiro atoms. The number of rotatable bonds is 2. The second-order valence-corrected chi connectivity index (χ2v) is 5.53. The number of aromatic nitrogens is 2. The first-order chi connectivity index (χ1) is 8.74. The van der Waals surface area contributed by atoms with Crippen LogP contribution in [0, 0.1) is 0 Å². The van der Waals surface area contributed by atoms with Crippen LogP contribution in [0.3, 0.4) is 0 Å². The quantitative estimate of drug-likeness (QED) is 0.782. The number of aryl methyl sites for hydroxylation is 1. The van der Waals surface area contributed by atoms with Crippen molar-refractivity contribution < 1.29 is 0 Å². The Morgan fingerprint density at radius 3 is 2.72 bits per heavy atom. The standard InChI is InChI=1S/C16H20N2/c1-12(2)18-11-15-10-14(8-9-16(15)17-18)13-6-4-3-5-7-13/h3-7,11-12,14H,8-10H2,1-2H3. The highest BCUT2D eigenvalue weighted by Crippen LogP contribution is 2.32. The van der Waals surface area contributed by atoms with Gasteiger partial charge < -0.3 is 0 Å². The lowest BCUT2D eigenvalue weighted by Gasteiger charge is -2.21. The van der Waals surface area contributed by atoms with Gasteiger partial charge in [-0.25, -0.2) is 0 Å². The topological polar surface area (TPSA) is 17.8 Å². The molecule has 0 aliphatic heterocycles. The number of benzene rings is 1. The van der Waals surface area contributed by atoms with E-state index in [-0.39, 0.29) is 0 Å². The molecule has 3 rings (SSSR count). The van der Waals surface area contributed by atoms with E-state index in [9.17, 15) is 0 Å². The Morgan fingerprint density at radius 2 is 2.00 bits per heavy atom. The van der Waals surface area contributed by atoms with Crippen LogP contribution < -0.4 is 0 Å². The van der Waals surface area contributed by atoms with E-state index in [1.165, 1.54) is 23.2 Å². The average Bonchev–Trinajstić information content (AvgIpc) is 2.82. The van der Waals surface area contributed by atoms with Crippen LogP contribution in [0.15, 0.2) is 36.5 Å². The van der Waals surface area contributed by atoms with Gasteiger partial charge in [0.25, 0.3) is 0 Å². The Kier molecular flexibility index (Phi) is 2.94. The van der Waals surface area contributed by atoms with Gasteiger partial charge >= 0.3 is 0 Å². The summed E-state index contributed by atoms with van der Waals surface area (Å²) in [6.07, 6.45) is 5.74. The maximum atomic E-state index is 4.70. The van der Waals surface area contributed by atoms with Crippen molar-refractivity contribution >= 4 is 0 Å². The first kappa shape index (κ1) is 11.5. The van der Waals surface area contributed by atoms with Gasteiger partial charge in [-0.3, -0.25) is 4.68 Å². The monoisotopic (exact) mass is 240 g/mol. The summed E-state index contributed by atoms with van der Waals surface area (Å²) in [5.74, 6) is 0.670. The highest BCUT2D eigenvalue weighted by atomic mass is 15.3. The van der Waals surface area contributed by atoms with Gasteiger partial charge in [0, 0.05) is 12.2 Å². The minimum Gasteiger partial charge on any atom is -0.270 e. The van der Waals surface area contributed by atoms with Gasteiger partial charge in [-0.2, -0.15) is 5.10 Å². The van der Waals surface area contributed by atoms with Crippen molar-refractivity contribution in [1.29, 1.82) is 0 Å².